The molecule has 2 N–H and O–H groups in total. The van der Waals surface area contributed by atoms with Crippen LogP contribution >= 0.6 is 0 Å². The van der Waals surface area contributed by atoms with Crippen LogP contribution in [0.4, 0.5) is 13.2 Å². The van der Waals surface area contributed by atoms with Crippen molar-refractivity contribution in [2.24, 2.45) is 4.99 Å². The number of nitrogens with zero attached hydrogens (tertiary/aromatic N) is 1. The number of hydrogen-bond donors (Lipinski definition) is 2. The van der Waals surface area contributed by atoms with Gasteiger partial charge in [0.1, 0.15) is 5.75 Å². The number of fused-ring (bicyclic) bond motifs is 2. The fourth-order valence-corrected chi connectivity index (χ4v) is 3.31. The van der Waals surface area contributed by atoms with Crippen LogP contribution in [0, 0.1) is 0 Å². The van der Waals surface area contributed by atoms with Crippen LogP contribution in [0.15, 0.2) is 29.3 Å². The number of nitrogens with one attached hydrogen (secondary N) is 2. The predicted molar refractivity (Wildman–Crippen MR) is 87.4 cm³/mol. The van der Waals surface area contributed by atoms with E-state index >= 15 is 0 Å². The zero-order valence-electron chi connectivity index (χ0n) is 14.0. The highest BCUT2D eigenvalue weighted by Gasteiger charge is 2.41. The SMILES string of the molecule is CCNC(=NCc1ccccc1OC(F)(F)F)NC1CC2CCC1O2. The van der Waals surface area contributed by atoms with Crippen LogP contribution in [0.2, 0.25) is 0 Å². The number of benzene rings is 1. The van der Waals surface area contributed by atoms with E-state index in [1.807, 2.05) is 6.92 Å². The third-order valence-corrected chi connectivity index (χ3v) is 4.38. The Morgan fingerprint density at radius 3 is 2.76 bits per heavy atom. The molecular weight excluding hydrogens is 335 g/mol. The van der Waals surface area contributed by atoms with Gasteiger partial charge in [-0.1, -0.05) is 18.2 Å². The largest absolute Gasteiger partial charge is 0.573 e. The maximum atomic E-state index is 12.5. The quantitative estimate of drug-likeness (QED) is 0.628. The highest BCUT2D eigenvalue weighted by molar-refractivity contribution is 5.80. The summed E-state index contributed by atoms with van der Waals surface area (Å²) in [5.74, 6) is 0.350. The minimum absolute atomic E-state index is 0.0866. The fraction of sp³-hybridized carbons (Fsp3) is 0.588. The Hall–Kier alpha value is -1.96. The van der Waals surface area contributed by atoms with Gasteiger partial charge in [0.25, 0.3) is 0 Å². The number of para-hydroxylation sites is 1. The highest BCUT2D eigenvalue weighted by Crippen LogP contribution is 2.34. The van der Waals surface area contributed by atoms with E-state index < -0.39 is 6.36 Å². The Morgan fingerprint density at radius 1 is 1.32 bits per heavy atom. The van der Waals surface area contributed by atoms with Crippen molar-refractivity contribution in [2.45, 2.75) is 57.3 Å². The van der Waals surface area contributed by atoms with Gasteiger partial charge in [0.2, 0.25) is 0 Å². The molecule has 2 aliphatic rings. The van der Waals surface area contributed by atoms with Crippen LogP contribution in [-0.4, -0.2) is 37.1 Å². The summed E-state index contributed by atoms with van der Waals surface area (Å²) in [6.45, 7) is 2.69. The van der Waals surface area contributed by atoms with E-state index in [-0.39, 0.29) is 24.4 Å². The molecule has 2 heterocycles. The average Bonchev–Trinajstić information content (AvgIpc) is 3.15. The van der Waals surface area contributed by atoms with E-state index in [0.29, 0.717) is 24.2 Å². The first-order valence-electron chi connectivity index (χ1n) is 8.48. The van der Waals surface area contributed by atoms with Gasteiger partial charge in [-0.05, 0) is 32.3 Å². The van der Waals surface area contributed by atoms with Crippen molar-refractivity contribution < 1.29 is 22.6 Å². The monoisotopic (exact) mass is 357 g/mol. The summed E-state index contributed by atoms with van der Waals surface area (Å²) in [6, 6.07) is 6.23. The summed E-state index contributed by atoms with van der Waals surface area (Å²) in [5.41, 5.74) is 0.376. The zero-order valence-corrected chi connectivity index (χ0v) is 14.0. The highest BCUT2D eigenvalue weighted by atomic mass is 19.4. The number of guanidine groups is 1. The number of aliphatic imine (C=N–C) groups is 1. The van der Waals surface area contributed by atoms with Gasteiger partial charge < -0.3 is 20.1 Å². The van der Waals surface area contributed by atoms with Crippen molar-refractivity contribution in [3.05, 3.63) is 29.8 Å². The first-order valence-corrected chi connectivity index (χ1v) is 8.48. The summed E-state index contributed by atoms with van der Waals surface area (Å²) < 4.78 is 47.4. The minimum atomic E-state index is -4.72. The summed E-state index contributed by atoms with van der Waals surface area (Å²) in [5, 5.41) is 6.46. The van der Waals surface area contributed by atoms with Gasteiger partial charge in [-0.3, -0.25) is 0 Å². The molecule has 5 nitrogen and oxygen atoms in total. The van der Waals surface area contributed by atoms with Gasteiger partial charge in [0.15, 0.2) is 5.96 Å². The zero-order chi connectivity index (χ0) is 17.9. The molecule has 0 aliphatic carbocycles. The van der Waals surface area contributed by atoms with E-state index in [9.17, 15) is 13.2 Å². The number of halogens is 3. The molecule has 3 rings (SSSR count). The van der Waals surface area contributed by atoms with E-state index in [1.165, 1.54) is 12.1 Å². The van der Waals surface area contributed by atoms with Crippen LogP contribution in [-0.2, 0) is 11.3 Å². The van der Waals surface area contributed by atoms with Crippen molar-refractivity contribution in [2.75, 3.05) is 6.54 Å². The molecule has 2 fully saturated rings. The molecule has 2 bridgehead atoms. The molecule has 0 amide bonds. The number of alkyl halides is 3. The predicted octanol–water partition coefficient (Wildman–Crippen LogP) is 2.96. The Labute approximate surface area is 144 Å². The first-order chi connectivity index (χ1) is 11.9. The Kier molecular flexibility index (Phi) is 5.36. The average molecular weight is 357 g/mol. The van der Waals surface area contributed by atoms with Crippen molar-refractivity contribution in [3.63, 3.8) is 0 Å². The molecule has 2 aliphatic heterocycles. The Morgan fingerprint density at radius 2 is 2.12 bits per heavy atom. The molecule has 0 saturated carbocycles. The molecule has 0 spiro atoms. The second kappa shape index (κ2) is 7.51. The van der Waals surface area contributed by atoms with Gasteiger partial charge in [-0.25, -0.2) is 4.99 Å². The van der Waals surface area contributed by atoms with Gasteiger partial charge in [0.05, 0.1) is 24.8 Å². The number of rotatable bonds is 5. The van der Waals surface area contributed by atoms with E-state index in [1.54, 1.807) is 12.1 Å². The normalized spacial score (nSPS) is 25.9. The molecule has 3 atom stereocenters. The molecule has 138 valence electrons. The lowest BCUT2D eigenvalue weighted by atomic mass is 9.96. The summed E-state index contributed by atoms with van der Waals surface area (Å²) in [6.07, 6.45) is -1.16. The van der Waals surface area contributed by atoms with Gasteiger partial charge >= 0.3 is 6.36 Å². The minimum Gasteiger partial charge on any atom is -0.405 e. The third-order valence-electron chi connectivity index (χ3n) is 4.38. The van der Waals surface area contributed by atoms with Gasteiger partial charge in [0, 0.05) is 12.1 Å². The molecule has 2 saturated heterocycles. The van der Waals surface area contributed by atoms with Crippen LogP contribution in [0.5, 0.6) is 5.75 Å². The molecule has 25 heavy (non-hydrogen) atoms. The maximum absolute atomic E-state index is 12.5. The molecule has 1 aromatic carbocycles. The third kappa shape index (κ3) is 4.78. The van der Waals surface area contributed by atoms with Gasteiger partial charge in [-0.2, -0.15) is 0 Å². The Bertz CT molecular complexity index is 621. The maximum Gasteiger partial charge on any atom is 0.573 e. The molecule has 0 radical (unpaired) electrons. The standard InChI is InChI=1S/C17H22F3N3O2/c1-2-21-16(23-13-9-12-7-8-15(13)24-12)22-10-11-5-3-4-6-14(11)25-17(18,19)20/h3-6,12-13,15H,2,7-10H2,1H3,(H2,21,22,23). The number of ether oxygens (including phenoxy) is 2. The first kappa shape index (κ1) is 17.8. The van der Waals surface area contributed by atoms with E-state index in [0.717, 1.165) is 19.3 Å². The Balaban J connectivity index is 1.67. The smallest absolute Gasteiger partial charge is 0.405 e. The lowest BCUT2D eigenvalue weighted by molar-refractivity contribution is -0.274. The van der Waals surface area contributed by atoms with Gasteiger partial charge in [-0.15, -0.1) is 13.2 Å². The topological polar surface area (TPSA) is 54.9 Å². The van der Waals surface area contributed by atoms with Crippen molar-refractivity contribution in [3.8, 4) is 5.75 Å². The molecule has 1 aromatic rings. The summed E-state index contributed by atoms with van der Waals surface area (Å²) >= 11 is 0. The van der Waals surface area contributed by atoms with Crippen LogP contribution in [0.1, 0.15) is 31.7 Å². The van der Waals surface area contributed by atoms with E-state index in [2.05, 4.69) is 20.4 Å². The molecular formula is C17H22F3N3O2. The van der Waals surface area contributed by atoms with Crippen LogP contribution in [0.25, 0.3) is 0 Å². The molecule has 0 aromatic heterocycles. The molecule has 8 heteroatoms. The van der Waals surface area contributed by atoms with Crippen molar-refractivity contribution >= 4 is 5.96 Å². The number of hydrogen-bond acceptors (Lipinski definition) is 3. The second-order valence-corrected chi connectivity index (χ2v) is 6.21. The lowest BCUT2D eigenvalue weighted by Crippen LogP contribution is -2.47. The van der Waals surface area contributed by atoms with Crippen molar-refractivity contribution in [1.82, 2.24) is 10.6 Å². The summed E-state index contributed by atoms with van der Waals surface area (Å²) in [7, 11) is 0. The molecule has 3 unspecified atom stereocenters. The van der Waals surface area contributed by atoms with Crippen LogP contribution < -0.4 is 15.4 Å². The summed E-state index contributed by atoms with van der Waals surface area (Å²) in [4.78, 5) is 4.41. The van der Waals surface area contributed by atoms with Crippen LogP contribution in [0.3, 0.4) is 0 Å². The van der Waals surface area contributed by atoms with Crippen molar-refractivity contribution in [1.29, 1.82) is 0 Å². The lowest BCUT2D eigenvalue weighted by Gasteiger charge is -2.22. The second-order valence-electron chi connectivity index (χ2n) is 6.21. The fourth-order valence-electron chi connectivity index (χ4n) is 3.31. The van der Waals surface area contributed by atoms with E-state index in [4.69, 9.17) is 4.74 Å².